The van der Waals surface area contributed by atoms with Crippen LogP contribution >= 0.6 is 21.7 Å². The molecule has 0 aliphatic heterocycles. The molecule has 0 saturated carbocycles. The van der Waals surface area contributed by atoms with Gasteiger partial charge in [0.15, 0.2) is 0 Å². The highest BCUT2D eigenvalue weighted by molar-refractivity contribution is 8.21. The SMILES string of the molecule is CC(=O)OCCSCl. The van der Waals surface area contributed by atoms with Crippen LogP contribution in [0, 0.1) is 0 Å². The van der Waals surface area contributed by atoms with E-state index in [9.17, 15) is 4.79 Å². The molecule has 0 rings (SSSR count). The first-order chi connectivity index (χ1) is 3.77. The summed E-state index contributed by atoms with van der Waals surface area (Å²) in [6, 6.07) is 0. The van der Waals surface area contributed by atoms with E-state index in [4.69, 9.17) is 10.7 Å². The second-order valence-electron chi connectivity index (χ2n) is 1.15. The molecule has 0 saturated heterocycles. The molecule has 4 heteroatoms. The first-order valence-corrected chi connectivity index (χ1v) is 3.95. The molecule has 0 amide bonds. The molecule has 0 N–H and O–H groups in total. The molecule has 0 aliphatic carbocycles. The van der Waals surface area contributed by atoms with Gasteiger partial charge in [-0.25, -0.2) is 0 Å². The number of halogens is 1. The van der Waals surface area contributed by atoms with Crippen molar-refractivity contribution in [1.82, 2.24) is 0 Å². The van der Waals surface area contributed by atoms with Crippen molar-refractivity contribution < 1.29 is 9.53 Å². The van der Waals surface area contributed by atoms with Crippen molar-refractivity contribution in [3.05, 3.63) is 0 Å². The smallest absolute Gasteiger partial charge is 0.302 e. The van der Waals surface area contributed by atoms with Crippen molar-refractivity contribution in [2.24, 2.45) is 0 Å². The number of ether oxygens (including phenoxy) is 1. The van der Waals surface area contributed by atoms with Gasteiger partial charge < -0.3 is 4.74 Å². The molecular formula is C4H7ClO2S. The van der Waals surface area contributed by atoms with Crippen LogP contribution in [0.4, 0.5) is 0 Å². The Labute approximate surface area is 57.0 Å². The average Bonchev–Trinajstić information content (AvgIpc) is 1.66. The highest BCUT2D eigenvalue weighted by Gasteiger charge is 1.89. The van der Waals surface area contributed by atoms with Gasteiger partial charge in [0.05, 0.1) is 0 Å². The molecule has 0 fully saturated rings. The predicted molar refractivity (Wildman–Crippen MR) is 34.9 cm³/mol. The van der Waals surface area contributed by atoms with Gasteiger partial charge in [-0.15, -0.1) is 0 Å². The van der Waals surface area contributed by atoms with Gasteiger partial charge >= 0.3 is 5.97 Å². The largest absolute Gasteiger partial charge is 0.465 e. The molecule has 48 valence electrons. The van der Waals surface area contributed by atoms with Gasteiger partial charge in [0.2, 0.25) is 0 Å². The summed E-state index contributed by atoms with van der Waals surface area (Å²) in [4.78, 5) is 10.0. The maximum absolute atomic E-state index is 10.0. The van der Waals surface area contributed by atoms with E-state index in [1.807, 2.05) is 0 Å². The van der Waals surface area contributed by atoms with E-state index in [0.717, 1.165) is 11.0 Å². The Hall–Kier alpha value is 0.110. The second-order valence-corrected chi connectivity index (χ2v) is 2.43. The lowest BCUT2D eigenvalue weighted by Gasteiger charge is -1.95. The monoisotopic (exact) mass is 154 g/mol. The van der Waals surface area contributed by atoms with Crippen molar-refractivity contribution in [3.8, 4) is 0 Å². The van der Waals surface area contributed by atoms with Crippen LogP contribution in [0.1, 0.15) is 6.92 Å². The van der Waals surface area contributed by atoms with Crippen LogP contribution in [0.25, 0.3) is 0 Å². The van der Waals surface area contributed by atoms with Gasteiger partial charge in [0.25, 0.3) is 0 Å². The summed E-state index contributed by atoms with van der Waals surface area (Å²) in [6.45, 7) is 1.78. The van der Waals surface area contributed by atoms with Crippen molar-refractivity contribution >= 4 is 27.6 Å². The van der Waals surface area contributed by atoms with Crippen molar-refractivity contribution in [1.29, 1.82) is 0 Å². The zero-order valence-corrected chi connectivity index (χ0v) is 6.09. The number of hydrogen-bond donors (Lipinski definition) is 0. The predicted octanol–water partition coefficient (Wildman–Crippen LogP) is 1.44. The van der Waals surface area contributed by atoms with Crippen LogP contribution in [-0.4, -0.2) is 18.3 Å². The molecule has 0 aromatic heterocycles. The molecule has 0 unspecified atom stereocenters. The van der Waals surface area contributed by atoms with Crippen LogP contribution < -0.4 is 0 Å². The van der Waals surface area contributed by atoms with E-state index in [-0.39, 0.29) is 5.97 Å². The van der Waals surface area contributed by atoms with E-state index in [1.165, 1.54) is 6.92 Å². The fraction of sp³-hybridized carbons (Fsp3) is 0.750. The molecule has 0 bridgehead atoms. The first-order valence-electron chi connectivity index (χ1n) is 2.14. The minimum Gasteiger partial charge on any atom is -0.465 e. The van der Waals surface area contributed by atoms with Crippen LogP contribution in [0.15, 0.2) is 0 Å². The summed E-state index contributed by atoms with van der Waals surface area (Å²) in [5.41, 5.74) is 0. The van der Waals surface area contributed by atoms with Gasteiger partial charge in [-0.1, -0.05) is 11.0 Å². The van der Waals surface area contributed by atoms with E-state index in [0.29, 0.717) is 12.4 Å². The second kappa shape index (κ2) is 5.25. The third-order valence-corrected chi connectivity index (χ3v) is 1.25. The van der Waals surface area contributed by atoms with E-state index in [1.54, 1.807) is 0 Å². The summed E-state index contributed by atoms with van der Waals surface area (Å²) >= 11 is 0. The maximum atomic E-state index is 10.0. The molecule has 0 aliphatic rings. The molecule has 8 heavy (non-hydrogen) atoms. The molecule has 0 aromatic carbocycles. The Morgan fingerprint density at radius 3 is 2.88 bits per heavy atom. The van der Waals surface area contributed by atoms with Crippen LogP contribution in [0.2, 0.25) is 0 Å². The van der Waals surface area contributed by atoms with E-state index in [2.05, 4.69) is 4.74 Å². The lowest BCUT2D eigenvalue weighted by molar-refractivity contribution is -0.140. The van der Waals surface area contributed by atoms with E-state index >= 15 is 0 Å². The fourth-order valence-electron chi connectivity index (χ4n) is 0.217. The number of esters is 1. The summed E-state index contributed by atoms with van der Waals surface area (Å²) < 4.78 is 4.54. The summed E-state index contributed by atoms with van der Waals surface area (Å²) in [6.07, 6.45) is 0. The highest BCUT2D eigenvalue weighted by atomic mass is 35.7. The molecule has 0 spiro atoms. The van der Waals surface area contributed by atoms with E-state index < -0.39 is 0 Å². The topological polar surface area (TPSA) is 26.3 Å². The molecular weight excluding hydrogens is 148 g/mol. The minimum atomic E-state index is -0.254. The lowest BCUT2D eigenvalue weighted by Crippen LogP contribution is -2.01. The van der Waals surface area contributed by atoms with Crippen molar-refractivity contribution in [2.75, 3.05) is 12.4 Å². The van der Waals surface area contributed by atoms with Crippen LogP contribution in [-0.2, 0) is 9.53 Å². The third-order valence-electron chi connectivity index (χ3n) is 0.466. The lowest BCUT2D eigenvalue weighted by atomic mass is 10.8. The molecule has 0 heterocycles. The van der Waals surface area contributed by atoms with Gasteiger partial charge in [-0.05, 0) is 10.7 Å². The Morgan fingerprint density at radius 2 is 2.50 bits per heavy atom. The fourth-order valence-corrected chi connectivity index (χ4v) is 0.552. The van der Waals surface area contributed by atoms with Crippen LogP contribution in [0.3, 0.4) is 0 Å². The Kier molecular flexibility index (Phi) is 5.32. The van der Waals surface area contributed by atoms with Gasteiger partial charge in [0.1, 0.15) is 6.61 Å². The summed E-state index contributed by atoms with van der Waals surface area (Å²) in [7, 11) is 6.35. The van der Waals surface area contributed by atoms with Gasteiger partial charge in [-0.2, -0.15) is 0 Å². The van der Waals surface area contributed by atoms with Gasteiger partial charge in [-0.3, -0.25) is 4.79 Å². The maximum Gasteiger partial charge on any atom is 0.302 e. The zero-order chi connectivity index (χ0) is 6.41. The third kappa shape index (κ3) is 6.11. The highest BCUT2D eigenvalue weighted by Crippen LogP contribution is 2.03. The molecule has 0 atom stereocenters. The number of carbonyl (C=O) groups is 1. The number of carbonyl (C=O) groups excluding carboxylic acids is 1. The molecule has 2 nitrogen and oxygen atoms in total. The zero-order valence-electron chi connectivity index (χ0n) is 4.52. The average molecular weight is 155 g/mol. The normalized spacial score (nSPS) is 8.75. The minimum absolute atomic E-state index is 0.254. The standard InChI is InChI=1S/C4H7ClO2S/c1-4(6)7-2-3-8-5/h2-3H2,1H3. The van der Waals surface area contributed by atoms with Crippen molar-refractivity contribution in [2.45, 2.75) is 6.92 Å². The quantitative estimate of drug-likeness (QED) is 0.455. The summed E-state index contributed by atoms with van der Waals surface area (Å²) in [5, 5.41) is 0. The number of hydrogen-bond acceptors (Lipinski definition) is 3. The van der Waals surface area contributed by atoms with Gasteiger partial charge in [0, 0.05) is 12.7 Å². The molecule has 0 aromatic rings. The Balaban J connectivity index is 2.82. The van der Waals surface area contributed by atoms with Crippen LogP contribution in [0.5, 0.6) is 0 Å². The Morgan fingerprint density at radius 1 is 1.88 bits per heavy atom. The summed E-state index contributed by atoms with van der Waals surface area (Å²) in [5.74, 6) is 0.400. The number of rotatable bonds is 3. The van der Waals surface area contributed by atoms with Crippen molar-refractivity contribution in [3.63, 3.8) is 0 Å². The first kappa shape index (κ1) is 8.11. The molecule has 0 radical (unpaired) electrons. The Bertz CT molecular complexity index is 76.4.